The lowest BCUT2D eigenvalue weighted by Gasteiger charge is -2.09. The van der Waals surface area contributed by atoms with Gasteiger partial charge in [-0.25, -0.2) is 0 Å². The highest BCUT2D eigenvalue weighted by molar-refractivity contribution is 9.10. The minimum absolute atomic E-state index is 0.208. The zero-order valence-corrected chi connectivity index (χ0v) is 12.2. The van der Waals surface area contributed by atoms with E-state index >= 15 is 0 Å². The summed E-state index contributed by atoms with van der Waals surface area (Å²) in [7, 11) is 0. The van der Waals surface area contributed by atoms with Crippen LogP contribution in [0.15, 0.2) is 16.6 Å². The number of hydrogen-bond acceptors (Lipinski definition) is 3. The van der Waals surface area contributed by atoms with Gasteiger partial charge in [0.25, 0.3) is 0 Å². The molecule has 1 aliphatic rings. The second-order valence-corrected chi connectivity index (χ2v) is 5.46. The maximum Gasteiger partial charge on any atom is 0.151 e. The van der Waals surface area contributed by atoms with Crippen molar-refractivity contribution in [3.05, 3.63) is 27.7 Å². The molecule has 0 aromatic heterocycles. The lowest BCUT2D eigenvalue weighted by atomic mass is 10.0. The molecule has 0 radical (unpaired) electrons. The number of benzene rings is 1. The van der Waals surface area contributed by atoms with Crippen LogP contribution in [0.1, 0.15) is 24.5 Å². The van der Waals surface area contributed by atoms with Crippen LogP contribution in [0.25, 0.3) is 0 Å². The zero-order chi connectivity index (χ0) is 13.0. The molecule has 1 N–H and O–H groups in total. The van der Waals surface area contributed by atoms with Crippen LogP contribution in [0.5, 0.6) is 5.75 Å². The maximum atomic E-state index is 11.9. The van der Waals surface area contributed by atoms with E-state index in [2.05, 4.69) is 34.2 Å². The Hall–Kier alpha value is -0.870. The highest BCUT2D eigenvalue weighted by atomic mass is 79.9. The molecule has 0 fully saturated rings. The van der Waals surface area contributed by atoms with Crippen LogP contribution in [0, 0.1) is 0 Å². The first-order chi connectivity index (χ1) is 8.70. The number of hydrogen-bond donors (Lipinski definition) is 1. The minimum atomic E-state index is 0.208. The van der Waals surface area contributed by atoms with Crippen molar-refractivity contribution in [2.75, 3.05) is 19.7 Å². The molecular formula is C14H18BrNO2. The van der Waals surface area contributed by atoms with Gasteiger partial charge in [-0.1, -0.05) is 22.9 Å². The number of ether oxygens (including phenoxy) is 1. The largest absolute Gasteiger partial charge is 0.493 e. The number of halogens is 1. The van der Waals surface area contributed by atoms with Crippen LogP contribution in [0.3, 0.4) is 0 Å². The van der Waals surface area contributed by atoms with Crippen LogP contribution in [0.2, 0.25) is 0 Å². The smallest absolute Gasteiger partial charge is 0.151 e. The van der Waals surface area contributed by atoms with E-state index in [1.165, 1.54) is 5.56 Å². The number of rotatable bonds is 6. The summed E-state index contributed by atoms with van der Waals surface area (Å²) in [6, 6.07) is 4.06. The van der Waals surface area contributed by atoms with Crippen molar-refractivity contribution in [2.24, 2.45) is 0 Å². The summed E-state index contributed by atoms with van der Waals surface area (Å²) in [6.07, 6.45) is 2.42. The average Bonchev–Trinajstić information content (AvgIpc) is 2.77. The molecule has 0 atom stereocenters. The Morgan fingerprint density at radius 2 is 2.33 bits per heavy atom. The van der Waals surface area contributed by atoms with Gasteiger partial charge >= 0.3 is 0 Å². The molecule has 4 heteroatoms. The topological polar surface area (TPSA) is 38.3 Å². The quantitative estimate of drug-likeness (QED) is 0.820. The number of ketones is 1. The molecule has 1 aliphatic heterocycles. The third kappa shape index (κ3) is 3.33. The fraction of sp³-hybridized carbons (Fsp3) is 0.500. The van der Waals surface area contributed by atoms with Crippen molar-refractivity contribution < 1.29 is 9.53 Å². The Labute approximate surface area is 116 Å². The Kier molecular flexibility index (Phi) is 4.78. The fourth-order valence-corrected chi connectivity index (χ4v) is 2.71. The number of Topliss-reactive ketones (excluding diaryl/α,β-unsaturated/α-hetero) is 1. The predicted molar refractivity (Wildman–Crippen MR) is 75.2 cm³/mol. The highest BCUT2D eigenvalue weighted by Gasteiger charge is 2.18. The summed E-state index contributed by atoms with van der Waals surface area (Å²) < 4.78 is 6.64. The Balaban J connectivity index is 2.03. The molecule has 1 aromatic rings. The van der Waals surface area contributed by atoms with Crippen molar-refractivity contribution in [2.45, 2.75) is 26.2 Å². The summed E-state index contributed by atoms with van der Waals surface area (Å²) in [5.74, 6) is 1.13. The first kappa shape index (κ1) is 13.6. The van der Waals surface area contributed by atoms with Crippen LogP contribution in [-0.4, -0.2) is 25.5 Å². The van der Waals surface area contributed by atoms with E-state index in [9.17, 15) is 4.79 Å². The third-order valence-electron chi connectivity index (χ3n) is 2.96. The Morgan fingerprint density at radius 1 is 1.50 bits per heavy atom. The Bertz CT molecular complexity index is 446. The molecule has 0 saturated carbocycles. The van der Waals surface area contributed by atoms with Crippen molar-refractivity contribution in [3.8, 4) is 5.75 Å². The van der Waals surface area contributed by atoms with Gasteiger partial charge in [0.15, 0.2) is 5.78 Å². The molecule has 0 unspecified atom stereocenters. The molecule has 1 heterocycles. The molecule has 0 amide bonds. The molecule has 0 bridgehead atoms. The molecule has 0 saturated heterocycles. The molecular weight excluding hydrogens is 294 g/mol. The van der Waals surface area contributed by atoms with Gasteiger partial charge in [0, 0.05) is 22.9 Å². The van der Waals surface area contributed by atoms with E-state index < -0.39 is 0 Å². The monoisotopic (exact) mass is 311 g/mol. The number of nitrogens with one attached hydrogen (secondary N) is 1. The van der Waals surface area contributed by atoms with Gasteiger partial charge in [-0.15, -0.1) is 0 Å². The normalized spacial score (nSPS) is 13.2. The van der Waals surface area contributed by atoms with Gasteiger partial charge in [-0.3, -0.25) is 4.79 Å². The third-order valence-corrected chi connectivity index (χ3v) is 3.42. The van der Waals surface area contributed by atoms with Gasteiger partial charge in [0.05, 0.1) is 13.2 Å². The number of carbonyl (C=O) groups excluding carboxylic acids is 1. The molecule has 98 valence electrons. The lowest BCUT2D eigenvalue weighted by Crippen LogP contribution is -2.24. The zero-order valence-electron chi connectivity index (χ0n) is 10.6. The van der Waals surface area contributed by atoms with Crippen molar-refractivity contribution in [3.63, 3.8) is 0 Å². The highest BCUT2D eigenvalue weighted by Crippen LogP contribution is 2.33. The van der Waals surface area contributed by atoms with Crippen LogP contribution in [0.4, 0.5) is 0 Å². The second-order valence-electron chi connectivity index (χ2n) is 4.54. The van der Waals surface area contributed by atoms with Crippen LogP contribution < -0.4 is 10.1 Å². The van der Waals surface area contributed by atoms with Gasteiger partial charge in [0.1, 0.15) is 5.75 Å². The van der Waals surface area contributed by atoms with Crippen molar-refractivity contribution in [1.82, 2.24) is 5.32 Å². The second kappa shape index (κ2) is 6.34. The van der Waals surface area contributed by atoms with E-state index in [1.807, 2.05) is 6.07 Å². The van der Waals surface area contributed by atoms with Gasteiger partial charge in [0.2, 0.25) is 0 Å². The predicted octanol–water partition coefficient (Wildman–Crippen LogP) is 2.50. The summed E-state index contributed by atoms with van der Waals surface area (Å²) in [5.41, 5.74) is 2.20. The summed E-state index contributed by atoms with van der Waals surface area (Å²) in [4.78, 5) is 11.9. The van der Waals surface area contributed by atoms with Gasteiger partial charge in [-0.2, -0.15) is 0 Å². The van der Waals surface area contributed by atoms with Crippen molar-refractivity contribution >= 4 is 21.7 Å². The van der Waals surface area contributed by atoms with Crippen LogP contribution >= 0.6 is 15.9 Å². The lowest BCUT2D eigenvalue weighted by molar-refractivity contribution is -0.117. The molecule has 1 aromatic carbocycles. The fourth-order valence-electron chi connectivity index (χ4n) is 2.16. The minimum Gasteiger partial charge on any atom is -0.493 e. The summed E-state index contributed by atoms with van der Waals surface area (Å²) in [5, 5.41) is 3.14. The molecule has 18 heavy (non-hydrogen) atoms. The van der Waals surface area contributed by atoms with E-state index in [0.29, 0.717) is 13.0 Å². The van der Waals surface area contributed by atoms with Crippen LogP contribution in [-0.2, 0) is 17.6 Å². The number of carbonyl (C=O) groups is 1. The standard InChI is InChI=1S/C14H18BrNO2/c1-2-4-16-9-13(17)8-11-7-12(15)6-10-3-5-18-14(10)11/h6-7,16H,2-5,8-9H2,1H3. The average molecular weight is 312 g/mol. The summed E-state index contributed by atoms with van der Waals surface area (Å²) >= 11 is 3.49. The SMILES string of the molecule is CCCNCC(=O)Cc1cc(Br)cc2c1OCC2. The first-order valence-corrected chi connectivity index (χ1v) is 7.16. The van der Waals surface area contributed by atoms with Gasteiger partial charge < -0.3 is 10.1 Å². The maximum absolute atomic E-state index is 11.9. The molecule has 3 nitrogen and oxygen atoms in total. The van der Waals surface area contributed by atoms with E-state index in [1.54, 1.807) is 0 Å². The Morgan fingerprint density at radius 3 is 3.11 bits per heavy atom. The summed E-state index contributed by atoms with van der Waals surface area (Å²) in [6.45, 7) is 4.14. The molecule has 0 spiro atoms. The van der Waals surface area contributed by atoms with E-state index in [4.69, 9.17) is 4.74 Å². The molecule has 0 aliphatic carbocycles. The number of fused-ring (bicyclic) bond motifs is 1. The van der Waals surface area contributed by atoms with Gasteiger partial charge in [-0.05, 0) is 30.7 Å². The van der Waals surface area contributed by atoms with Crippen molar-refractivity contribution in [1.29, 1.82) is 0 Å². The first-order valence-electron chi connectivity index (χ1n) is 6.37. The van der Waals surface area contributed by atoms with E-state index in [-0.39, 0.29) is 5.78 Å². The molecule has 2 rings (SSSR count). The van der Waals surface area contributed by atoms with E-state index in [0.717, 1.165) is 41.8 Å².